The number of ether oxygens (including phenoxy) is 2. The summed E-state index contributed by atoms with van der Waals surface area (Å²) in [6.07, 6.45) is 7.58. The first kappa shape index (κ1) is 17.4. The summed E-state index contributed by atoms with van der Waals surface area (Å²) in [5.41, 5.74) is 6.00. The van der Waals surface area contributed by atoms with E-state index in [4.69, 9.17) is 15.2 Å². The lowest BCUT2D eigenvalue weighted by atomic mass is 10.1. The molecule has 0 aliphatic heterocycles. The second-order valence-corrected chi connectivity index (χ2v) is 6.16. The van der Waals surface area contributed by atoms with Gasteiger partial charge < -0.3 is 20.5 Å². The van der Waals surface area contributed by atoms with Crippen LogP contribution >= 0.6 is 0 Å². The van der Waals surface area contributed by atoms with Gasteiger partial charge in [0, 0.05) is 6.04 Å². The molecule has 1 aromatic carbocycles. The van der Waals surface area contributed by atoms with E-state index in [1.165, 1.54) is 38.5 Å². The number of hydrogen-bond acceptors (Lipinski definition) is 3. The highest BCUT2D eigenvalue weighted by atomic mass is 16.5. The third kappa shape index (κ3) is 6.38. The van der Waals surface area contributed by atoms with Gasteiger partial charge in [0.05, 0.1) is 13.7 Å². The first-order valence-corrected chi connectivity index (χ1v) is 8.54. The first-order valence-electron chi connectivity index (χ1n) is 8.54. The van der Waals surface area contributed by atoms with Gasteiger partial charge in [-0.1, -0.05) is 25.7 Å². The van der Waals surface area contributed by atoms with Crippen molar-refractivity contribution in [1.82, 2.24) is 5.32 Å². The Kier molecular flexibility index (Phi) is 7.04. The van der Waals surface area contributed by atoms with E-state index in [1.54, 1.807) is 7.11 Å². The van der Waals surface area contributed by atoms with Gasteiger partial charge in [-0.15, -0.1) is 0 Å². The number of aliphatic imine (C=N–C) groups is 1. The quantitative estimate of drug-likeness (QED) is 0.480. The third-order valence-corrected chi connectivity index (χ3v) is 4.12. The van der Waals surface area contributed by atoms with Crippen molar-refractivity contribution in [2.24, 2.45) is 10.7 Å². The second kappa shape index (κ2) is 9.28. The van der Waals surface area contributed by atoms with Crippen LogP contribution in [-0.4, -0.2) is 31.8 Å². The maximum absolute atomic E-state index is 6.00. The van der Waals surface area contributed by atoms with Crippen molar-refractivity contribution in [1.29, 1.82) is 0 Å². The molecule has 0 amide bonds. The maximum Gasteiger partial charge on any atom is 0.188 e. The predicted octanol–water partition coefficient (Wildman–Crippen LogP) is 3.09. The van der Waals surface area contributed by atoms with Crippen LogP contribution < -0.4 is 20.5 Å². The van der Waals surface area contributed by atoms with E-state index in [9.17, 15) is 0 Å². The number of benzene rings is 1. The van der Waals surface area contributed by atoms with Crippen LogP contribution in [0.2, 0.25) is 0 Å². The highest BCUT2D eigenvalue weighted by Crippen LogP contribution is 2.18. The summed E-state index contributed by atoms with van der Waals surface area (Å²) in [5.74, 6) is 2.16. The van der Waals surface area contributed by atoms with Crippen molar-refractivity contribution in [3.8, 4) is 11.5 Å². The monoisotopic (exact) mass is 319 g/mol. The maximum atomic E-state index is 6.00. The topological polar surface area (TPSA) is 68.9 Å². The molecule has 0 radical (unpaired) electrons. The van der Waals surface area contributed by atoms with E-state index in [1.807, 2.05) is 31.2 Å². The predicted molar refractivity (Wildman–Crippen MR) is 94.2 cm³/mol. The molecular formula is C18H29N3O2. The Labute approximate surface area is 139 Å². The number of nitrogens with two attached hydrogens (primary N) is 1. The second-order valence-electron chi connectivity index (χ2n) is 6.16. The summed E-state index contributed by atoms with van der Waals surface area (Å²) in [6.45, 7) is 2.53. The molecule has 2 rings (SSSR count). The van der Waals surface area contributed by atoms with Crippen LogP contribution in [0.3, 0.4) is 0 Å². The molecule has 1 aromatic rings. The normalized spacial score (nSPS) is 18.1. The molecule has 3 N–H and O–H groups in total. The molecule has 1 saturated carbocycles. The summed E-state index contributed by atoms with van der Waals surface area (Å²) < 4.78 is 11.0. The van der Waals surface area contributed by atoms with Crippen LogP contribution in [0.4, 0.5) is 0 Å². The highest BCUT2D eigenvalue weighted by Gasteiger charge is 2.12. The first-order chi connectivity index (χ1) is 11.2. The molecule has 1 aliphatic carbocycles. The minimum absolute atomic E-state index is 0.0297. The van der Waals surface area contributed by atoms with Crippen LogP contribution in [0.1, 0.15) is 45.4 Å². The Morgan fingerprint density at radius 3 is 2.39 bits per heavy atom. The van der Waals surface area contributed by atoms with Gasteiger partial charge in [-0.3, -0.25) is 0 Å². The fourth-order valence-corrected chi connectivity index (χ4v) is 2.83. The van der Waals surface area contributed by atoms with Crippen LogP contribution in [0.15, 0.2) is 29.3 Å². The number of nitrogens with zero attached hydrogens (tertiary/aromatic N) is 1. The molecule has 1 unspecified atom stereocenters. The standard InChI is InChI=1S/C18H29N3O2/c1-14(23-17-11-9-16(22-2)10-12-17)13-20-18(19)21-15-7-5-3-4-6-8-15/h9-12,14-15H,3-8,13H2,1-2H3,(H3,19,20,21). The lowest BCUT2D eigenvalue weighted by molar-refractivity contribution is 0.230. The average Bonchev–Trinajstić information content (AvgIpc) is 2.82. The largest absolute Gasteiger partial charge is 0.497 e. The molecule has 1 atom stereocenters. The zero-order chi connectivity index (χ0) is 16.5. The van der Waals surface area contributed by atoms with Crippen molar-refractivity contribution >= 4 is 5.96 Å². The van der Waals surface area contributed by atoms with Gasteiger partial charge in [-0.05, 0) is 44.0 Å². The molecule has 23 heavy (non-hydrogen) atoms. The van der Waals surface area contributed by atoms with Crippen LogP contribution in [-0.2, 0) is 0 Å². The lowest BCUT2D eigenvalue weighted by Crippen LogP contribution is -2.40. The van der Waals surface area contributed by atoms with E-state index < -0.39 is 0 Å². The molecule has 5 nitrogen and oxygen atoms in total. The lowest BCUT2D eigenvalue weighted by Gasteiger charge is -2.18. The molecule has 1 aliphatic rings. The van der Waals surface area contributed by atoms with Crippen LogP contribution in [0.5, 0.6) is 11.5 Å². The van der Waals surface area contributed by atoms with Gasteiger partial charge in [-0.25, -0.2) is 4.99 Å². The Balaban J connectivity index is 1.75. The molecule has 128 valence electrons. The minimum Gasteiger partial charge on any atom is -0.497 e. The van der Waals surface area contributed by atoms with Crippen molar-refractivity contribution in [3.05, 3.63) is 24.3 Å². The van der Waals surface area contributed by atoms with Crippen molar-refractivity contribution in [2.75, 3.05) is 13.7 Å². The molecule has 0 aromatic heterocycles. The number of methoxy groups -OCH3 is 1. The molecule has 1 fully saturated rings. The Hall–Kier alpha value is -1.91. The molecule has 0 bridgehead atoms. The Morgan fingerprint density at radius 2 is 1.78 bits per heavy atom. The van der Waals surface area contributed by atoms with E-state index in [-0.39, 0.29) is 6.10 Å². The molecule has 0 heterocycles. The van der Waals surface area contributed by atoms with Crippen molar-refractivity contribution in [3.63, 3.8) is 0 Å². The SMILES string of the molecule is COc1ccc(OC(C)CN=C(N)NC2CCCCCC2)cc1. The summed E-state index contributed by atoms with van der Waals surface area (Å²) in [7, 11) is 1.65. The van der Waals surface area contributed by atoms with Crippen LogP contribution in [0.25, 0.3) is 0 Å². The summed E-state index contributed by atoms with van der Waals surface area (Å²) in [4.78, 5) is 4.41. The number of rotatable bonds is 6. The summed E-state index contributed by atoms with van der Waals surface area (Å²) >= 11 is 0. The van der Waals surface area contributed by atoms with Crippen molar-refractivity contribution in [2.45, 2.75) is 57.6 Å². The third-order valence-electron chi connectivity index (χ3n) is 4.12. The van der Waals surface area contributed by atoms with E-state index in [0.29, 0.717) is 18.5 Å². The molecule has 0 spiro atoms. The van der Waals surface area contributed by atoms with Gasteiger partial charge in [0.15, 0.2) is 5.96 Å². The Morgan fingerprint density at radius 1 is 1.17 bits per heavy atom. The zero-order valence-corrected chi connectivity index (χ0v) is 14.3. The fourth-order valence-electron chi connectivity index (χ4n) is 2.83. The van der Waals surface area contributed by atoms with Gasteiger partial charge in [0.25, 0.3) is 0 Å². The minimum atomic E-state index is -0.0297. The highest BCUT2D eigenvalue weighted by molar-refractivity contribution is 5.78. The van der Waals surface area contributed by atoms with E-state index >= 15 is 0 Å². The molecule has 0 saturated heterocycles. The number of hydrogen-bond donors (Lipinski definition) is 2. The Bertz CT molecular complexity index is 480. The van der Waals surface area contributed by atoms with Crippen molar-refractivity contribution < 1.29 is 9.47 Å². The smallest absolute Gasteiger partial charge is 0.188 e. The zero-order valence-electron chi connectivity index (χ0n) is 14.3. The summed E-state index contributed by atoms with van der Waals surface area (Å²) in [5, 5.41) is 3.35. The van der Waals surface area contributed by atoms with Crippen LogP contribution in [0, 0.1) is 0 Å². The molecular weight excluding hydrogens is 290 g/mol. The van der Waals surface area contributed by atoms with Gasteiger partial charge in [0.2, 0.25) is 0 Å². The summed E-state index contributed by atoms with van der Waals surface area (Å²) in [6, 6.07) is 8.03. The van der Waals surface area contributed by atoms with E-state index in [2.05, 4.69) is 10.3 Å². The van der Waals surface area contributed by atoms with Gasteiger partial charge in [0.1, 0.15) is 17.6 Å². The van der Waals surface area contributed by atoms with Gasteiger partial charge in [-0.2, -0.15) is 0 Å². The van der Waals surface area contributed by atoms with E-state index in [0.717, 1.165) is 11.5 Å². The average molecular weight is 319 g/mol. The van der Waals surface area contributed by atoms with Gasteiger partial charge >= 0.3 is 0 Å². The number of nitrogens with one attached hydrogen (secondary N) is 1. The molecule has 5 heteroatoms. The fraction of sp³-hybridized carbons (Fsp3) is 0.611. The number of guanidine groups is 1.